The minimum atomic E-state index is -0.195. The Balaban J connectivity index is 1.61. The molecule has 5 aromatic rings. The molecule has 0 fully saturated rings. The second-order valence-corrected chi connectivity index (χ2v) is 6.68. The van der Waals surface area contributed by atoms with Crippen LogP contribution in [-0.2, 0) is 0 Å². The maximum Gasteiger partial charge on any atom is 0.255 e. The molecule has 0 unspecified atom stereocenters. The minimum absolute atomic E-state index is 0.195. The van der Waals surface area contributed by atoms with Crippen LogP contribution >= 0.6 is 0 Å². The van der Waals surface area contributed by atoms with Gasteiger partial charge in [0.05, 0.1) is 17.4 Å². The largest absolute Gasteiger partial charge is 0.399 e. The first-order chi connectivity index (χ1) is 13.7. The lowest BCUT2D eigenvalue weighted by atomic mass is 9.99. The molecule has 0 aliphatic heterocycles. The summed E-state index contributed by atoms with van der Waals surface area (Å²) in [6, 6.07) is 19.0. The van der Waals surface area contributed by atoms with E-state index < -0.39 is 0 Å². The molecule has 2 heterocycles. The molecule has 28 heavy (non-hydrogen) atoms. The van der Waals surface area contributed by atoms with Gasteiger partial charge < -0.3 is 16.0 Å². The first kappa shape index (κ1) is 16.1. The second-order valence-electron chi connectivity index (χ2n) is 6.68. The van der Waals surface area contributed by atoms with E-state index in [2.05, 4.69) is 32.6 Å². The topological polar surface area (TPSA) is 99.6 Å². The Hall–Kier alpha value is -4.06. The monoisotopic (exact) mass is 367 g/mol. The molecule has 0 spiro atoms. The van der Waals surface area contributed by atoms with Crippen LogP contribution in [0.5, 0.6) is 0 Å². The Morgan fingerprint density at radius 3 is 2.68 bits per heavy atom. The molecule has 0 aliphatic rings. The highest BCUT2D eigenvalue weighted by molar-refractivity contribution is 6.10. The van der Waals surface area contributed by atoms with Crippen molar-refractivity contribution >= 4 is 39.1 Å². The Morgan fingerprint density at radius 2 is 1.82 bits per heavy atom. The standard InChI is InChI=1S/C22H17N5O/c23-15-6-4-13(5-7-15)22(28)26-20-10-14(11-21-18(20)12-25-27-21)16-2-1-3-19-17(16)8-9-24-19/h1-12,24H,23H2,(H,25,27)(H,26,28). The predicted molar refractivity (Wildman–Crippen MR) is 112 cm³/mol. The summed E-state index contributed by atoms with van der Waals surface area (Å²) in [5.74, 6) is -0.195. The van der Waals surface area contributed by atoms with Crippen molar-refractivity contribution in [1.82, 2.24) is 15.2 Å². The lowest BCUT2D eigenvalue weighted by molar-refractivity contribution is 0.102. The van der Waals surface area contributed by atoms with Gasteiger partial charge in [-0.3, -0.25) is 9.89 Å². The van der Waals surface area contributed by atoms with Crippen LogP contribution in [0.15, 0.2) is 73.1 Å². The van der Waals surface area contributed by atoms with E-state index in [9.17, 15) is 4.79 Å². The fraction of sp³-hybridized carbons (Fsp3) is 0. The zero-order valence-corrected chi connectivity index (χ0v) is 14.9. The van der Waals surface area contributed by atoms with Crippen molar-refractivity contribution in [2.24, 2.45) is 0 Å². The molecular formula is C22H17N5O. The summed E-state index contributed by atoms with van der Waals surface area (Å²) in [5, 5.41) is 12.1. The Morgan fingerprint density at radius 1 is 0.964 bits per heavy atom. The van der Waals surface area contributed by atoms with Crippen LogP contribution in [0.4, 0.5) is 11.4 Å². The number of amides is 1. The number of nitrogen functional groups attached to an aromatic ring is 1. The molecule has 0 saturated carbocycles. The van der Waals surface area contributed by atoms with Crippen LogP contribution in [0.2, 0.25) is 0 Å². The maximum atomic E-state index is 12.7. The zero-order chi connectivity index (χ0) is 19.1. The molecule has 6 heteroatoms. The third-order valence-electron chi connectivity index (χ3n) is 4.89. The van der Waals surface area contributed by atoms with Crippen molar-refractivity contribution < 1.29 is 4.79 Å². The number of nitrogens with one attached hydrogen (secondary N) is 3. The Kier molecular flexibility index (Phi) is 3.62. The summed E-state index contributed by atoms with van der Waals surface area (Å²) in [5.41, 5.74) is 11.6. The van der Waals surface area contributed by atoms with Gasteiger partial charge in [0.1, 0.15) is 0 Å². The molecule has 5 N–H and O–H groups in total. The van der Waals surface area contributed by atoms with E-state index in [1.807, 2.05) is 30.5 Å². The van der Waals surface area contributed by atoms with E-state index >= 15 is 0 Å². The number of hydrogen-bond donors (Lipinski definition) is 4. The zero-order valence-electron chi connectivity index (χ0n) is 14.9. The van der Waals surface area contributed by atoms with Crippen molar-refractivity contribution in [2.75, 3.05) is 11.1 Å². The molecule has 3 aromatic carbocycles. The van der Waals surface area contributed by atoms with E-state index in [0.717, 1.165) is 32.9 Å². The summed E-state index contributed by atoms with van der Waals surface area (Å²) < 4.78 is 0. The summed E-state index contributed by atoms with van der Waals surface area (Å²) in [4.78, 5) is 16.0. The number of nitrogens with two attached hydrogens (primary N) is 1. The smallest absolute Gasteiger partial charge is 0.255 e. The Labute approximate surface area is 160 Å². The van der Waals surface area contributed by atoms with E-state index in [0.29, 0.717) is 16.9 Å². The first-order valence-corrected chi connectivity index (χ1v) is 8.89. The fourth-order valence-electron chi connectivity index (χ4n) is 3.48. The Bertz CT molecular complexity index is 1310. The molecule has 0 atom stereocenters. The lowest BCUT2D eigenvalue weighted by Crippen LogP contribution is -2.12. The third-order valence-corrected chi connectivity index (χ3v) is 4.89. The highest BCUT2D eigenvalue weighted by Crippen LogP contribution is 2.34. The van der Waals surface area contributed by atoms with Crippen LogP contribution in [0.1, 0.15) is 10.4 Å². The summed E-state index contributed by atoms with van der Waals surface area (Å²) in [7, 11) is 0. The number of H-pyrrole nitrogens is 2. The maximum absolute atomic E-state index is 12.7. The number of aromatic nitrogens is 3. The number of nitrogens with zero attached hydrogens (tertiary/aromatic N) is 1. The van der Waals surface area contributed by atoms with Crippen molar-refractivity contribution in [2.45, 2.75) is 0 Å². The summed E-state index contributed by atoms with van der Waals surface area (Å²) in [6.07, 6.45) is 3.64. The second kappa shape index (κ2) is 6.28. The number of fused-ring (bicyclic) bond motifs is 2. The van der Waals surface area contributed by atoms with E-state index in [1.165, 1.54) is 0 Å². The number of carbonyl (C=O) groups is 1. The van der Waals surface area contributed by atoms with Gasteiger partial charge in [-0.15, -0.1) is 0 Å². The summed E-state index contributed by atoms with van der Waals surface area (Å²) >= 11 is 0. The normalized spacial score (nSPS) is 11.1. The molecular weight excluding hydrogens is 350 g/mol. The fourth-order valence-corrected chi connectivity index (χ4v) is 3.48. The number of carbonyl (C=O) groups excluding carboxylic acids is 1. The molecule has 2 aromatic heterocycles. The van der Waals surface area contributed by atoms with Crippen LogP contribution in [-0.4, -0.2) is 21.1 Å². The average Bonchev–Trinajstić information content (AvgIpc) is 3.37. The molecule has 0 radical (unpaired) electrons. The van der Waals surface area contributed by atoms with Gasteiger partial charge in [-0.25, -0.2) is 0 Å². The van der Waals surface area contributed by atoms with Crippen LogP contribution in [0.3, 0.4) is 0 Å². The first-order valence-electron chi connectivity index (χ1n) is 8.89. The average molecular weight is 367 g/mol. The highest BCUT2D eigenvalue weighted by Gasteiger charge is 2.13. The third kappa shape index (κ3) is 2.68. The van der Waals surface area contributed by atoms with Gasteiger partial charge in [-0.05, 0) is 59.7 Å². The highest BCUT2D eigenvalue weighted by atomic mass is 16.1. The molecule has 0 saturated heterocycles. The number of anilines is 2. The lowest BCUT2D eigenvalue weighted by Gasteiger charge is -2.11. The van der Waals surface area contributed by atoms with Crippen LogP contribution in [0.25, 0.3) is 32.9 Å². The van der Waals surface area contributed by atoms with Crippen molar-refractivity contribution in [3.63, 3.8) is 0 Å². The number of rotatable bonds is 3. The van der Waals surface area contributed by atoms with Crippen molar-refractivity contribution in [3.8, 4) is 11.1 Å². The molecule has 5 rings (SSSR count). The van der Waals surface area contributed by atoms with Gasteiger partial charge in [0.25, 0.3) is 5.91 Å². The van der Waals surface area contributed by atoms with Gasteiger partial charge in [0, 0.05) is 33.7 Å². The van der Waals surface area contributed by atoms with Gasteiger partial charge in [0.15, 0.2) is 0 Å². The molecule has 136 valence electrons. The molecule has 1 amide bonds. The SMILES string of the molecule is Nc1ccc(C(=O)Nc2cc(-c3cccc4[nH]ccc34)cc3[nH]ncc23)cc1. The number of aromatic amines is 2. The van der Waals surface area contributed by atoms with Crippen LogP contribution < -0.4 is 11.1 Å². The van der Waals surface area contributed by atoms with Crippen LogP contribution in [0, 0.1) is 0 Å². The van der Waals surface area contributed by atoms with Crippen molar-refractivity contribution in [1.29, 1.82) is 0 Å². The van der Waals surface area contributed by atoms with Gasteiger partial charge in [-0.2, -0.15) is 5.10 Å². The quantitative estimate of drug-likeness (QED) is 0.352. The number of hydrogen-bond acceptors (Lipinski definition) is 3. The number of benzene rings is 3. The van der Waals surface area contributed by atoms with E-state index in [-0.39, 0.29) is 5.91 Å². The minimum Gasteiger partial charge on any atom is -0.399 e. The predicted octanol–water partition coefficient (Wildman–Crippen LogP) is 4.55. The van der Waals surface area contributed by atoms with Gasteiger partial charge >= 0.3 is 0 Å². The van der Waals surface area contributed by atoms with E-state index in [4.69, 9.17) is 5.73 Å². The molecule has 0 aliphatic carbocycles. The molecule has 0 bridgehead atoms. The van der Waals surface area contributed by atoms with E-state index in [1.54, 1.807) is 30.5 Å². The van der Waals surface area contributed by atoms with Gasteiger partial charge in [0.2, 0.25) is 0 Å². The summed E-state index contributed by atoms with van der Waals surface area (Å²) in [6.45, 7) is 0. The molecule has 6 nitrogen and oxygen atoms in total. The van der Waals surface area contributed by atoms with Crippen molar-refractivity contribution in [3.05, 3.63) is 78.6 Å². The van der Waals surface area contributed by atoms with Gasteiger partial charge in [-0.1, -0.05) is 12.1 Å².